The largest absolute Gasteiger partial charge is 0.263 e. The monoisotopic (exact) mass is 184 g/mol. The maximum absolute atomic E-state index is 10.8. The van der Waals surface area contributed by atoms with Gasteiger partial charge < -0.3 is 0 Å². The predicted octanol–water partition coefficient (Wildman–Crippen LogP) is 0.372. The first kappa shape index (κ1) is 8.89. The van der Waals surface area contributed by atoms with Crippen LogP contribution in [0.2, 0.25) is 0 Å². The number of nitrogens with two attached hydrogens (primary N) is 1. The van der Waals surface area contributed by atoms with Gasteiger partial charge in [0.15, 0.2) is 0 Å². The SMILES string of the molecule is C=Cc1cncc(S(N)(=O)=O)c1. The van der Waals surface area contributed by atoms with Crippen molar-refractivity contribution in [3.63, 3.8) is 0 Å². The molecule has 0 spiro atoms. The van der Waals surface area contributed by atoms with Crippen LogP contribution in [0.4, 0.5) is 0 Å². The van der Waals surface area contributed by atoms with E-state index in [4.69, 9.17) is 5.14 Å². The summed E-state index contributed by atoms with van der Waals surface area (Å²) in [6.07, 6.45) is 4.20. The van der Waals surface area contributed by atoms with E-state index < -0.39 is 10.0 Å². The van der Waals surface area contributed by atoms with Crippen molar-refractivity contribution >= 4 is 16.1 Å². The minimum absolute atomic E-state index is 0.0000926. The summed E-state index contributed by atoms with van der Waals surface area (Å²) in [5.41, 5.74) is 0.626. The van der Waals surface area contributed by atoms with E-state index in [1.807, 2.05) is 0 Å². The zero-order chi connectivity index (χ0) is 9.19. The molecule has 0 radical (unpaired) electrons. The fourth-order valence-corrected chi connectivity index (χ4v) is 1.21. The van der Waals surface area contributed by atoms with Gasteiger partial charge in [0.2, 0.25) is 10.0 Å². The van der Waals surface area contributed by atoms with Crippen LogP contribution in [0.5, 0.6) is 0 Å². The molecule has 0 aliphatic heterocycles. The molecular formula is C7H8N2O2S. The summed E-state index contributed by atoms with van der Waals surface area (Å²) in [7, 11) is -3.65. The molecule has 5 heteroatoms. The van der Waals surface area contributed by atoms with Crippen LogP contribution in [0, 0.1) is 0 Å². The van der Waals surface area contributed by atoms with Gasteiger partial charge in [0.05, 0.1) is 0 Å². The average Bonchev–Trinajstić information content (AvgIpc) is 2.03. The van der Waals surface area contributed by atoms with Gasteiger partial charge in [0.25, 0.3) is 0 Å². The molecule has 1 aromatic rings. The predicted molar refractivity (Wildman–Crippen MR) is 45.7 cm³/mol. The van der Waals surface area contributed by atoms with Gasteiger partial charge in [0.1, 0.15) is 4.90 Å². The zero-order valence-electron chi connectivity index (χ0n) is 6.27. The number of primary sulfonamides is 1. The van der Waals surface area contributed by atoms with Crippen molar-refractivity contribution in [2.24, 2.45) is 5.14 Å². The number of rotatable bonds is 2. The van der Waals surface area contributed by atoms with Crippen LogP contribution >= 0.6 is 0 Å². The van der Waals surface area contributed by atoms with Crippen molar-refractivity contribution in [3.8, 4) is 0 Å². The molecule has 1 heterocycles. The molecule has 0 bridgehead atoms. The molecule has 4 nitrogen and oxygen atoms in total. The standard InChI is InChI=1S/C7H8N2O2S/c1-2-6-3-7(5-9-4-6)12(8,10)11/h2-5H,1H2,(H2,8,10,11). The van der Waals surface area contributed by atoms with E-state index in [2.05, 4.69) is 11.6 Å². The lowest BCUT2D eigenvalue weighted by Crippen LogP contribution is -2.12. The molecule has 0 atom stereocenters. The third-order valence-electron chi connectivity index (χ3n) is 1.30. The van der Waals surface area contributed by atoms with Crippen LogP contribution in [-0.4, -0.2) is 13.4 Å². The summed E-state index contributed by atoms with van der Waals surface area (Å²) >= 11 is 0. The third-order valence-corrected chi connectivity index (χ3v) is 2.18. The lowest BCUT2D eigenvalue weighted by atomic mass is 10.3. The van der Waals surface area contributed by atoms with Crippen molar-refractivity contribution in [1.82, 2.24) is 4.98 Å². The van der Waals surface area contributed by atoms with Gasteiger partial charge in [-0.25, -0.2) is 13.6 Å². The Kier molecular flexibility index (Phi) is 2.25. The van der Waals surface area contributed by atoms with E-state index >= 15 is 0 Å². The molecule has 0 saturated carbocycles. The molecule has 0 unspecified atom stereocenters. The molecule has 0 aliphatic rings. The number of nitrogens with zero attached hydrogens (tertiary/aromatic N) is 1. The van der Waals surface area contributed by atoms with Gasteiger partial charge in [0, 0.05) is 12.4 Å². The molecule has 0 saturated heterocycles. The lowest BCUT2D eigenvalue weighted by molar-refractivity contribution is 0.597. The second-order valence-corrected chi connectivity index (χ2v) is 3.76. The van der Waals surface area contributed by atoms with Crippen molar-refractivity contribution in [3.05, 3.63) is 30.6 Å². The Morgan fingerprint density at radius 1 is 1.50 bits per heavy atom. The van der Waals surface area contributed by atoms with E-state index in [0.29, 0.717) is 5.56 Å². The minimum atomic E-state index is -3.65. The third kappa shape index (κ3) is 1.90. The summed E-state index contributed by atoms with van der Waals surface area (Å²) in [5.74, 6) is 0. The van der Waals surface area contributed by atoms with Crippen LogP contribution in [0.1, 0.15) is 5.56 Å². The lowest BCUT2D eigenvalue weighted by Gasteiger charge is -1.97. The number of hydrogen-bond acceptors (Lipinski definition) is 3. The van der Waals surface area contributed by atoms with Gasteiger partial charge in [-0.3, -0.25) is 4.98 Å². The molecule has 12 heavy (non-hydrogen) atoms. The molecule has 0 aromatic carbocycles. The van der Waals surface area contributed by atoms with Crippen molar-refractivity contribution in [1.29, 1.82) is 0 Å². The van der Waals surface area contributed by atoms with E-state index in [9.17, 15) is 8.42 Å². The summed E-state index contributed by atoms with van der Waals surface area (Å²) in [6, 6.07) is 1.41. The molecular weight excluding hydrogens is 176 g/mol. The average molecular weight is 184 g/mol. The Morgan fingerprint density at radius 3 is 2.67 bits per heavy atom. The number of sulfonamides is 1. The first-order valence-electron chi connectivity index (χ1n) is 3.14. The van der Waals surface area contributed by atoms with Crippen LogP contribution in [-0.2, 0) is 10.0 Å². The smallest absolute Gasteiger partial charge is 0.239 e. The molecule has 64 valence electrons. The van der Waals surface area contributed by atoms with Gasteiger partial charge in [-0.1, -0.05) is 12.7 Å². The quantitative estimate of drug-likeness (QED) is 0.721. The van der Waals surface area contributed by atoms with Crippen LogP contribution in [0.3, 0.4) is 0 Å². The maximum Gasteiger partial charge on any atom is 0.239 e. The van der Waals surface area contributed by atoms with Crippen LogP contribution < -0.4 is 5.14 Å². The summed E-state index contributed by atoms with van der Waals surface area (Å²) < 4.78 is 21.6. The number of pyridine rings is 1. The van der Waals surface area contributed by atoms with E-state index in [1.165, 1.54) is 24.5 Å². The van der Waals surface area contributed by atoms with Gasteiger partial charge in [-0.15, -0.1) is 0 Å². The zero-order valence-corrected chi connectivity index (χ0v) is 7.08. The Morgan fingerprint density at radius 2 is 2.17 bits per heavy atom. The fourth-order valence-electron chi connectivity index (χ4n) is 0.703. The van der Waals surface area contributed by atoms with Crippen molar-refractivity contribution in [2.75, 3.05) is 0 Å². The molecule has 1 rings (SSSR count). The van der Waals surface area contributed by atoms with Gasteiger partial charge in [-0.05, 0) is 11.6 Å². The molecule has 2 N–H and O–H groups in total. The summed E-state index contributed by atoms with van der Waals surface area (Å²) in [4.78, 5) is 3.69. The maximum atomic E-state index is 10.8. The van der Waals surface area contributed by atoms with Crippen molar-refractivity contribution < 1.29 is 8.42 Å². The van der Waals surface area contributed by atoms with E-state index in [-0.39, 0.29) is 4.90 Å². The molecule has 0 fully saturated rings. The minimum Gasteiger partial charge on any atom is -0.263 e. The highest BCUT2D eigenvalue weighted by atomic mass is 32.2. The number of aromatic nitrogens is 1. The van der Waals surface area contributed by atoms with Gasteiger partial charge in [-0.2, -0.15) is 0 Å². The number of hydrogen-bond donors (Lipinski definition) is 1. The fraction of sp³-hybridized carbons (Fsp3) is 0. The highest BCUT2D eigenvalue weighted by molar-refractivity contribution is 7.89. The van der Waals surface area contributed by atoms with Crippen molar-refractivity contribution in [2.45, 2.75) is 4.90 Å². The second-order valence-electron chi connectivity index (χ2n) is 2.20. The Balaban J connectivity index is 3.29. The first-order valence-corrected chi connectivity index (χ1v) is 4.69. The molecule has 0 amide bonds. The second kappa shape index (κ2) is 3.04. The van der Waals surface area contributed by atoms with Crippen LogP contribution in [0.15, 0.2) is 29.9 Å². The Hall–Kier alpha value is -1.20. The molecule has 0 aliphatic carbocycles. The summed E-state index contributed by atoms with van der Waals surface area (Å²) in [6.45, 7) is 3.48. The first-order chi connectivity index (χ1) is 5.54. The highest BCUT2D eigenvalue weighted by Gasteiger charge is 2.06. The normalized spacial score (nSPS) is 11.1. The topological polar surface area (TPSA) is 73.0 Å². The summed E-state index contributed by atoms with van der Waals surface area (Å²) in [5, 5.41) is 4.88. The highest BCUT2D eigenvalue weighted by Crippen LogP contribution is 2.07. The van der Waals surface area contributed by atoms with Crippen LogP contribution in [0.25, 0.3) is 6.08 Å². The molecule has 1 aromatic heterocycles. The Labute approximate surface area is 70.8 Å². The van der Waals surface area contributed by atoms with Gasteiger partial charge >= 0.3 is 0 Å². The Bertz CT molecular complexity index is 398. The van der Waals surface area contributed by atoms with E-state index in [1.54, 1.807) is 0 Å². The van der Waals surface area contributed by atoms with E-state index in [0.717, 1.165) is 0 Å².